The second-order valence-electron chi connectivity index (χ2n) is 10.5. The summed E-state index contributed by atoms with van der Waals surface area (Å²) in [6.45, 7) is 0. The molecule has 0 spiro atoms. The first kappa shape index (κ1) is 22.8. The van der Waals surface area contributed by atoms with Crippen molar-refractivity contribution in [3.05, 3.63) is 158 Å². The van der Waals surface area contributed by atoms with Crippen LogP contribution in [0.3, 0.4) is 0 Å². The molecule has 0 bridgehead atoms. The minimum Gasteiger partial charge on any atom is -0.0622 e. The zero-order chi connectivity index (χ0) is 26.5. The van der Waals surface area contributed by atoms with Gasteiger partial charge in [-0.05, 0) is 83.6 Å². The van der Waals surface area contributed by atoms with Crippen molar-refractivity contribution in [3.63, 3.8) is 0 Å². The maximum atomic E-state index is 2.33. The molecule has 1 aliphatic rings. The number of fused-ring (bicyclic) bond motifs is 3. The zero-order valence-electron chi connectivity index (χ0n) is 22.0. The molecule has 0 saturated carbocycles. The summed E-state index contributed by atoms with van der Waals surface area (Å²) in [5.74, 6) is 0. The molecule has 7 aromatic carbocycles. The summed E-state index contributed by atoms with van der Waals surface area (Å²) >= 11 is 0. The number of hydrogen-bond acceptors (Lipinski definition) is 0. The summed E-state index contributed by atoms with van der Waals surface area (Å²) < 4.78 is 0. The quantitative estimate of drug-likeness (QED) is 0.223. The van der Waals surface area contributed by atoms with E-state index in [1.54, 1.807) is 0 Å². The van der Waals surface area contributed by atoms with Gasteiger partial charge in [0, 0.05) is 0 Å². The van der Waals surface area contributed by atoms with Crippen LogP contribution < -0.4 is 0 Å². The Labute approximate surface area is 234 Å². The van der Waals surface area contributed by atoms with Crippen LogP contribution in [-0.4, -0.2) is 0 Å². The van der Waals surface area contributed by atoms with Crippen LogP contribution in [-0.2, 0) is 0 Å². The Morgan fingerprint density at radius 1 is 0.225 bits per heavy atom. The van der Waals surface area contributed by atoms with Gasteiger partial charge in [0.2, 0.25) is 0 Å². The molecule has 0 unspecified atom stereocenters. The van der Waals surface area contributed by atoms with Crippen molar-refractivity contribution in [2.75, 3.05) is 0 Å². The van der Waals surface area contributed by atoms with Crippen LogP contribution in [0.5, 0.6) is 0 Å². The third kappa shape index (κ3) is 3.61. The zero-order valence-corrected chi connectivity index (χ0v) is 22.0. The van der Waals surface area contributed by atoms with Gasteiger partial charge in [0.1, 0.15) is 0 Å². The summed E-state index contributed by atoms with van der Waals surface area (Å²) in [4.78, 5) is 0. The highest BCUT2D eigenvalue weighted by Gasteiger charge is 2.22. The highest BCUT2D eigenvalue weighted by atomic mass is 14.3. The topological polar surface area (TPSA) is 0 Å². The van der Waals surface area contributed by atoms with E-state index in [0.29, 0.717) is 0 Å². The summed E-state index contributed by atoms with van der Waals surface area (Å²) in [5.41, 5.74) is 15.3. The molecule has 0 heterocycles. The van der Waals surface area contributed by atoms with Gasteiger partial charge in [-0.1, -0.05) is 152 Å². The van der Waals surface area contributed by atoms with Gasteiger partial charge in [0.25, 0.3) is 0 Å². The van der Waals surface area contributed by atoms with Gasteiger partial charge in [-0.15, -0.1) is 0 Å². The van der Waals surface area contributed by atoms with Crippen molar-refractivity contribution in [1.82, 2.24) is 0 Å². The molecule has 0 aliphatic heterocycles. The van der Waals surface area contributed by atoms with E-state index in [-0.39, 0.29) is 0 Å². The first-order chi connectivity index (χ1) is 19.8. The SMILES string of the molecule is c1ccc(-c2ccc(-c3cccc(-c4ccccc4-c4ccc5c6c(cccc46)-c4ccccc4-5)c3)cc2)cc1. The number of rotatable bonds is 4. The van der Waals surface area contributed by atoms with Crippen LogP contribution in [0.25, 0.3) is 77.5 Å². The Balaban J connectivity index is 1.23. The first-order valence-corrected chi connectivity index (χ1v) is 13.9. The molecule has 0 radical (unpaired) electrons. The fourth-order valence-electron chi connectivity index (χ4n) is 6.37. The molecular formula is C40H26. The van der Waals surface area contributed by atoms with Crippen LogP contribution in [0.15, 0.2) is 158 Å². The van der Waals surface area contributed by atoms with Gasteiger partial charge < -0.3 is 0 Å². The van der Waals surface area contributed by atoms with Gasteiger partial charge in [0.05, 0.1) is 0 Å². The molecule has 0 saturated heterocycles. The van der Waals surface area contributed by atoms with Gasteiger partial charge >= 0.3 is 0 Å². The summed E-state index contributed by atoms with van der Waals surface area (Å²) in [7, 11) is 0. The lowest BCUT2D eigenvalue weighted by Crippen LogP contribution is -1.88. The van der Waals surface area contributed by atoms with Crippen molar-refractivity contribution in [2.24, 2.45) is 0 Å². The highest BCUT2D eigenvalue weighted by molar-refractivity contribution is 6.19. The van der Waals surface area contributed by atoms with Crippen LogP contribution in [0.1, 0.15) is 0 Å². The normalized spacial score (nSPS) is 11.5. The van der Waals surface area contributed by atoms with Gasteiger partial charge in [-0.2, -0.15) is 0 Å². The van der Waals surface area contributed by atoms with Crippen molar-refractivity contribution in [2.45, 2.75) is 0 Å². The Hall–Kier alpha value is -5.20. The summed E-state index contributed by atoms with van der Waals surface area (Å²) in [5, 5.41) is 2.68. The van der Waals surface area contributed by atoms with E-state index in [1.807, 2.05) is 0 Å². The maximum absolute atomic E-state index is 2.33. The van der Waals surface area contributed by atoms with Crippen molar-refractivity contribution >= 4 is 10.8 Å². The first-order valence-electron chi connectivity index (χ1n) is 13.9. The molecule has 186 valence electrons. The lowest BCUT2D eigenvalue weighted by Gasteiger charge is -2.15. The van der Waals surface area contributed by atoms with Crippen LogP contribution in [0.4, 0.5) is 0 Å². The minimum atomic E-state index is 1.22. The molecular weight excluding hydrogens is 480 g/mol. The second kappa shape index (κ2) is 9.22. The average molecular weight is 507 g/mol. The largest absolute Gasteiger partial charge is 0.0622 e. The molecule has 7 aromatic rings. The number of benzene rings is 7. The van der Waals surface area contributed by atoms with E-state index in [2.05, 4.69) is 158 Å². The van der Waals surface area contributed by atoms with Gasteiger partial charge in [0.15, 0.2) is 0 Å². The predicted molar refractivity (Wildman–Crippen MR) is 170 cm³/mol. The molecule has 0 fully saturated rings. The molecule has 0 nitrogen and oxygen atoms in total. The third-order valence-electron chi connectivity index (χ3n) is 8.26. The molecule has 40 heavy (non-hydrogen) atoms. The Morgan fingerprint density at radius 3 is 1.40 bits per heavy atom. The van der Waals surface area contributed by atoms with E-state index in [0.717, 1.165) is 0 Å². The van der Waals surface area contributed by atoms with E-state index < -0.39 is 0 Å². The minimum absolute atomic E-state index is 1.22. The van der Waals surface area contributed by atoms with Gasteiger partial charge in [-0.3, -0.25) is 0 Å². The molecule has 0 aromatic heterocycles. The van der Waals surface area contributed by atoms with E-state index in [1.165, 1.54) is 77.5 Å². The summed E-state index contributed by atoms with van der Waals surface area (Å²) in [6, 6.07) is 57.4. The lowest BCUT2D eigenvalue weighted by molar-refractivity contribution is 1.57. The van der Waals surface area contributed by atoms with Crippen molar-refractivity contribution < 1.29 is 0 Å². The van der Waals surface area contributed by atoms with Crippen LogP contribution in [0, 0.1) is 0 Å². The predicted octanol–water partition coefficient (Wildman–Crippen LogP) is 11.2. The van der Waals surface area contributed by atoms with Crippen LogP contribution >= 0.6 is 0 Å². The summed E-state index contributed by atoms with van der Waals surface area (Å²) in [6.07, 6.45) is 0. The average Bonchev–Trinajstić information content (AvgIpc) is 3.37. The fourth-order valence-corrected chi connectivity index (χ4v) is 6.37. The molecule has 0 amide bonds. The Morgan fingerprint density at radius 2 is 0.675 bits per heavy atom. The molecule has 8 rings (SSSR count). The fraction of sp³-hybridized carbons (Fsp3) is 0. The Bertz CT molecular complexity index is 2000. The smallest absolute Gasteiger partial charge is 0.00201 e. The van der Waals surface area contributed by atoms with E-state index in [4.69, 9.17) is 0 Å². The van der Waals surface area contributed by atoms with E-state index >= 15 is 0 Å². The van der Waals surface area contributed by atoms with Crippen molar-refractivity contribution in [3.8, 4) is 66.8 Å². The molecule has 0 heteroatoms. The van der Waals surface area contributed by atoms with Crippen molar-refractivity contribution in [1.29, 1.82) is 0 Å². The highest BCUT2D eigenvalue weighted by Crippen LogP contribution is 2.50. The Kier molecular flexibility index (Phi) is 5.24. The molecule has 0 N–H and O–H groups in total. The second-order valence-corrected chi connectivity index (χ2v) is 10.5. The van der Waals surface area contributed by atoms with E-state index in [9.17, 15) is 0 Å². The van der Waals surface area contributed by atoms with Crippen LogP contribution in [0.2, 0.25) is 0 Å². The molecule has 1 aliphatic carbocycles. The monoisotopic (exact) mass is 506 g/mol. The number of hydrogen-bond donors (Lipinski definition) is 0. The lowest BCUT2D eigenvalue weighted by atomic mass is 9.89. The third-order valence-corrected chi connectivity index (χ3v) is 8.26. The maximum Gasteiger partial charge on any atom is -0.00201 e. The standard InChI is InChI=1S/C40H26/c1-2-10-27(11-3-1)28-20-22-29(23-21-28)30-12-8-13-31(26-30)32-14-4-5-15-33(32)36-24-25-39-35-17-7-6-16-34(35)37-18-9-19-38(36)40(37)39/h1-26H. The molecule has 0 atom stereocenters. The van der Waals surface area contributed by atoms with Gasteiger partial charge in [-0.25, -0.2) is 0 Å².